The van der Waals surface area contributed by atoms with Gasteiger partial charge in [-0.3, -0.25) is 4.79 Å². The van der Waals surface area contributed by atoms with Crippen LogP contribution in [0.2, 0.25) is 0 Å². The number of esters is 1. The molecule has 0 atom stereocenters. The molecule has 0 bridgehead atoms. The van der Waals surface area contributed by atoms with E-state index < -0.39 is 5.97 Å². The topological polar surface area (TPSA) is 66.8 Å². The number of carbonyl (C=O) groups excluding carboxylic acids is 2. The molecular weight excluding hydrogens is 454 g/mol. The zero-order valence-electron chi connectivity index (χ0n) is 20.9. The van der Waals surface area contributed by atoms with Crippen LogP contribution < -0.4 is 14.2 Å². The van der Waals surface area contributed by atoms with Gasteiger partial charge in [0.1, 0.15) is 17.2 Å². The number of carbonyl (C=O) groups is 2. The highest BCUT2D eigenvalue weighted by Gasteiger charge is 2.28. The Morgan fingerprint density at radius 3 is 2.39 bits per heavy atom. The van der Waals surface area contributed by atoms with Crippen molar-refractivity contribution in [1.82, 2.24) is 4.57 Å². The van der Waals surface area contributed by atoms with Crippen molar-refractivity contribution >= 4 is 28.7 Å². The lowest BCUT2D eigenvalue weighted by molar-refractivity contribution is 0.0734. The largest absolute Gasteiger partial charge is 0.497 e. The second kappa shape index (κ2) is 8.72. The molecular formula is C30H27NO5. The molecule has 6 heteroatoms. The fourth-order valence-electron chi connectivity index (χ4n) is 4.29. The Balaban J connectivity index is 1.38. The summed E-state index contributed by atoms with van der Waals surface area (Å²) >= 11 is 0. The molecule has 0 amide bonds. The summed E-state index contributed by atoms with van der Waals surface area (Å²) in [5.41, 5.74) is 3.85. The van der Waals surface area contributed by atoms with Gasteiger partial charge in [0, 0.05) is 35.8 Å². The SMILES string of the molecule is COc1ccc2c(c1)c(C=C1Oc3cc(OC(=O)c4ccc(C(C)(C)C)cc4)ccc3C1=O)cn2C. The second-order valence-corrected chi connectivity index (χ2v) is 9.89. The van der Waals surface area contributed by atoms with Crippen LogP contribution >= 0.6 is 0 Å². The van der Waals surface area contributed by atoms with Crippen LogP contribution in [0.3, 0.4) is 0 Å². The first kappa shape index (κ1) is 23.4. The molecule has 5 rings (SSSR count). The molecule has 0 unspecified atom stereocenters. The van der Waals surface area contributed by atoms with E-state index in [0.717, 1.165) is 27.8 Å². The first-order chi connectivity index (χ1) is 17.1. The monoisotopic (exact) mass is 481 g/mol. The van der Waals surface area contributed by atoms with Crippen molar-refractivity contribution in [2.45, 2.75) is 26.2 Å². The smallest absolute Gasteiger partial charge is 0.343 e. The molecule has 36 heavy (non-hydrogen) atoms. The summed E-state index contributed by atoms with van der Waals surface area (Å²) < 4.78 is 18.8. The molecule has 182 valence electrons. The number of nitrogens with zero attached hydrogens (tertiary/aromatic N) is 1. The Hall–Kier alpha value is -4.32. The maximum atomic E-state index is 13.0. The van der Waals surface area contributed by atoms with E-state index in [0.29, 0.717) is 22.6 Å². The molecule has 0 radical (unpaired) electrons. The third-order valence-corrected chi connectivity index (χ3v) is 6.35. The Bertz CT molecular complexity index is 1530. The number of hydrogen-bond donors (Lipinski definition) is 0. The Morgan fingerprint density at radius 1 is 0.972 bits per heavy atom. The summed E-state index contributed by atoms with van der Waals surface area (Å²) in [5.74, 6) is 0.914. The van der Waals surface area contributed by atoms with Gasteiger partial charge in [-0.05, 0) is 59.5 Å². The van der Waals surface area contributed by atoms with Gasteiger partial charge in [0.05, 0.1) is 18.2 Å². The molecule has 0 N–H and O–H groups in total. The zero-order chi connectivity index (χ0) is 25.6. The van der Waals surface area contributed by atoms with Crippen LogP contribution in [-0.2, 0) is 12.5 Å². The lowest BCUT2D eigenvalue weighted by atomic mass is 9.87. The van der Waals surface area contributed by atoms with Gasteiger partial charge >= 0.3 is 5.97 Å². The van der Waals surface area contributed by atoms with E-state index in [1.54, 1.807) is 43.5 Å². The average Bonchev–Trinajstić information content (AvgIpc) is 3.33. The van der Waals surface area contributed by atoms with Crippen LogP contribution in [0.25, 0.3) is 17.0 Å². The number of rotatable bonds is 4. The molecule has 1 aromatic heterocycles. The van der Waals surface area contributed by atoms with E-state index >= 15 is 0 Å². The standard InChI is InChI=1S/C30H27NO5/c1-30(2,3)20-8-6-18(7-9-20)29(33)35-22-10-12-23-26(16-22)36-27(28(23)32)14-19-17-31(4)25-13-11-21(34-5)15-24(19)25/h6-17H,1-5H3. The van der Waals surface area contributed by atoms with Crippen LogP contribution in [0.4, 0.5) is 0 Å². The maximum absolute atomic E-state index is 13.0. The minimum Gasteiger partial charge on any atom is -0.497 e. The number of allylic oxidation sites excluding steroid dienone is 1. The highest BCUT2D eigenvalue weighted by atomic mass is 16.5. The number of ketones is 1. The lowest BCUT2D eigenvalue weighted by Crippen LogP contribution is -2.12. The second-order valence-electron chi connectivity index (χ2n) is 9.89. The van der Waals surface area contributed by atoms with Crippen molar-refractivity contribution in [3.8, 4) is 17.2 Å². The number of fused-ring (bicyclic) bond motifs is 2. The van der Waals surface area contributed by atoms with Gasteiger partial charge in [-0.25, -0.2) is 4.79 Å². The van der Waals surface area contributed by atoms with Gasteiger partial charge < -0.3 is 18.8 Å². The minimum absolute atomic E-state index is 0.00434. The molecule has 0 spiro atoms. The fraction of sp³-hybridized carbons (Fsp3) is 0.200. The summed E-state index contributed by atoms with van der Waals surface area (Å²) in [4.78, 5) is 25.7. The van der Waals surface area contributed by atoms with Crippen molar-refractivity contribution in [3.63, 3.8) is 0 Å². The van der Waals surface area contributed by atoms with Gasteiger partial charge in [-0.15, -0.1) is 0 Å². The first-order valence-electron chi connectivity index (χ1n) is 11.7. The van der Waals surface area contributed by atoms with Crippen molar-refractivity contribution in [2.75, 3.05) is 7.11 Å². The summed E-state index contributed by atoms with van der Waals surface area (Å²) in [6, 6.07) is 18.0. The van der Waals surface area contributed by atoms with Gasteiger partial charge in [-0.1, -0.05) is 32.9 Å². The van der Waals surface area contributed by atoms with Crippen LogP contribution in [0.15, 0.2) is 72.6 Å². The Labute approximate surface area is 209 Å². The molecule has 0 fully saturated rings. The van der Waals surface area contributed by atoms with Crippen molar-refractivity contribution in [3.05, 3.63) is 94.9 Å². The van der Waals surface area contributed by atoms with Gasteiger partial charge in [0.2, 0.25) is 5.78 Å². The van der Waals surface area contributed by atoms with Crippen molar-refractivity contribution in [2.24, 2.45) is 7.05 Å². The summed E-state index contributed by atoms with van der Waals surface area (Å²) in [6.07, 6.45) is 3.67. The number of aromatic nitrogens is 1. The van der Waals surface area contributed by atoms with E-state index in [1.807, 2.05) is 48.1 Å². The van der Waals surface area contributed by atoms with Crippen LogP contribution in [-0.4, -0.2) is 23.4 Å². The highest BCUT2D eigenvalue weighted by Crippen LogP contribution is 2.36. The summed E-state index contributed by atoms with van der Waals surface area (Å²) in [6.45, 7) is 6.35. The number of ether oxygens (including phenoxy) is 3. The Kier molecular flexibility index (Phi) is 5.67. The zero-order valence-corrected chi connectivity index (χ0v) is 20.9. The number of aryl methyl sites for hydroxylation is 1. The van der Waals surface area contributed by atoms with Crippen LogP contribution in [0.5, 0.6) is 17.2 Å². The van der Waals surface area contributed by atoms with E-state index in [1.165, 1.54) is 0 Å². The van der Waals surface area contributed by atoms with Gasteiger partial charge in [0.25, 0.3) is 0 Å². The molecule has 4 aromatic rings. The molecule has 1 aliphatic heterocycles. The van der Waals surface area contributed by atoms with E-state index in [-0.39, 0.29) is 17.0 Å². The number of Topliss-reactive ketones (excluding diaryl/α,β-unsaturated/α-hetero) is 1. The molecule has 6 nitrogen and oxygen atoms in total. The summed E-state index contributed by atoms with van der Waals surface area (Å²) in [5, 5.41) is 0.948. The number of hydrogen-bond acceptors (Lipinski definition) is 5. The Morgan fingerprint density at radius 2 is 1.69 bits per heavy atom. The van der Waals surface area contributed by atoms with Gasteiger partial charge in [0.15, 0.2) is 5.76 Å². The predicted octanol–water partition coefficient (Wildman–Crippen LogP) is 6.32. The molecule has 3 aromatic carbocycles. The first-order valence-corrected chi connectivity index (χ1v) is 11.7. The summed E-state index contributed by atoms with van der Waals surface area (Å²) in [7, 11) is 3.56. The fourth-order valence-corrected chi connectivity index (χ4v) is 4.29. The van der Waals surface area contributed by atoms with Crippen LogP contribution in [0, 0.1) is 0 Å². The predicted molar refractivity (Wildman–Crippen MR) is 139 cm³/mol. The molecule has 0 saturated carbocycles. The van der Waals surface area contributed by atoms with E-state index in [9.17, 15) is 9.59 Å². The molecule has 0 saturated heterocycles. The minimum atomic E-state index is -0.472. The normalized spacial score (nSPS) is 14.1. The lowest BCUT2D eigenvalue weighted by Gasteiger charge is -2.18. The van der Waals surface area contributed by atoms with Crippen molar-refractivity contribution in [1.29, 1.82) is 0 Å². The quantitative estimate of drug-likeness (QED) is 0.194. The molecule has 0 aliphatic carbocycles. The third kappa shape index (κ3) is 4.26. The van der Waals surface area contributed by atoms with Crippen molar-refractivity contribution < 1.29 is 23.8 Å². The van der Waals surface area contributed by atoms with E-state index in [4.69, 9.17) is 14.2 Å². The van der Waals surface area contributed by atoms with E-state index in [2.05, 4.69) is 20.8 Å². The average molecular weight is 482 g/mol. The highest BCUT2D eigenvalue weighted by molar-refractivity contribution is 6.15. The number of benzene rings is 3. The number of methoxy groups -OCH3 is 1. The molecule has 1 aliphatic rings. The van der Waals surface area contributed by atoms with Crippen LogP contribution in [0.1, 0.15) is 52.6 Å². The maximum Gasteiger partial charge on any atom is 0.343 e. The third-order valence-electron chi connectivity index (χ3n) is 6.35. The molecule has 2 heterocycles. The van der Waals surface area contributed by atoms with Gasteiger partial charge in [-0.2, -0.15) is 0 Å².